The van der Waals surface area contributed by atoms with Crippen LogP contribution in [-0.2, 0) is 6.54 Å². The van der Waals surface area contributed by atoms with E-state index in [1.165, 1.54) is 22.8 Å². The molecule has 5 heteroatoms. The highest BCUT2D eigenvalue weighted by molar-refractivity contribution is 5.92. The number of fused-ring (bicyclic) bond motifs is 2. The van der Waals surface area contributed by atoms with E-state index in [9.17, 15) is 9.59 Å². The van der Waals surface area contributed by atoms with Crippen LogP contribution in [0.4, 0.5) is 0 Å². The summed E-state index contributed by atoms with van der Waals surface area (Å²) in [4.78, 5) is 23.4. The zero-order valence-corrected chi connectivity index (χ0v) is 12.6. The second-order valence-corrected chi connectivity index (χ2v) is 5.58. The summed E-state index contributed by atoms with van der Waals surface area (Å²) < 4.78 is 6.69. The molecule has 0 amide bonds. The number of benzene rings is 3. The Morgan fingerprint density at radius 3 is 2.67 bits per heavy atom. The summed E-state index contributed by atoms with van der Waals surface area (Å²) in [5, 5.41) is 11.3. The standard InChI is InChI=1S/C19H13NO4/c21-18(22)13-8-9-17-16(10-13)20(19(23)24-17)11-14-6-3-5-12-4-1-2-7-15(12)14/h1-10H,11H2,(H,21,22). The molecule has 0 fully saturated rings. The summed E-state index contributed by atoms with van der Waals surface area (Å²) in [5.74, 6) is -1.54. The smallest absolute Gasteiger partial charge is 0.420 e. The van der Waals surface area contributed by atoms with Crippen molar-refractivity contribution in [3.63, 3.8) is 0 Å². The molecule has 118 valence electrons. The molecular weight excluding hydrogens is 306 g/mol. The molecule has 4 rings (SSSR count). The van der Waals surface area contributed by atoms with Crippen LogP contribution in [0.25, 0.3) is 21.9 Å². The maximum Gasteiger partial charge on any atom is 0.420 e. The van der Waals surface area contributed by atoms with E-state index in [0.717, 1.165) is 16.3 Å². The third kappa shape index (κ3) is 2.27. The molecule has 1 heterocycles. The first-order chi connectivity index (χ1) is 11.6. The summed E-state index contributed by atoms with van der Waals surface area (Å²) in [6, 6.07) is 18.2. The molecule has 1 N–H and O–H groups in total. The molecule has 1 aromatic heterocycles. The van der Waals surface area contributed by atoms with E-state index in [1.807, 2.05) is 42.5 Å². The van der Waals surface area contributed by atoms with Crippen molar-refractivity contribution < 1.29 is 14.3 Å². The molecule has 0 aliphatic rings. The van der Waals surface area contributed by atoms with Crippen LogP contribution in [0.5, 0.6) is 0 Å². The van der Waals surface area contributed by atoms with E-state index >= 15 is 0 Å². The van der Waals surface area contributed by atoms with Crippen molar-refractivity contribution in [3.05, 3.63) is 82.3 Å². The molecule has 0 saturated carbocycles. The van der Waals surface area contributed by atoms with Gasteiger partial charge in [-0.15, -0.1) is 0 Å². The number of aromatic carboxylic acids is 1. The van der Waals surface area contributed by atoms with Gasteiger partial charge in [-0.05, 0) is 34.5 Å². The largest absolute Gasteiger partial charge is 0.478 e. The van der Waals surface area contributed by atoms with Gasteiger partial charge in [0.2, 0.25) is 0 Å². The van der Waals surface area contributed by atoms with Gasteiger partial charge in [-0.1, -0.05) is 42.5 Å². The minimum absolute atomic E-state index is 0.120. The minimum atomic E-state index is -1.04. The Hall–Kier alpha value is -3.34. The molecule has 0 atom stereocenters. The van der Waals surface area contributed by atoms with E-state index in [1.54, 1.807) is 0 Å². The topological polar surface area (TPSA) is 72.4 Å². The normalized spacial score (nSPS) is 11.2. The van der Waals surface area contributed by atoms with Crippen molar-refractivity contribution in [1.82, 2.24) is 4.57 Å². The molecule has 5 nitrogen and oxygen atoms in total. The first-order valence-electron chi connectivity index (χ1n) is 7.47. The summed E-state index contributed by atoms with van der Waals surface area (Å²) in [6.07, 6.45) is 0. The minimum Gasteiger partial charge on any atom is -0.478 e. The van der Waals surface area contributed by atoms with Gasteiger partial charge < -0.3 is 9.52 Å². The lowest BCUT2D eigenvalue weighted by Crippen LogP contribution is -2.15. The number of carboxylic acids is 1. The fourth-order valence-electron chi connectivity index (χ4n) is 2.95. The lowest BCUT2D eigenvalue weighted by molar-refractivity contribution is 0.0697. The molecule has 0 aliphatic heterocycles. The van der Waals surface area contributed by atoms with Crippen molar-refractivity contribution in [2.24, 2.45) is 0 Å². The summed E-state index contributed by atoms with van der Waals surface area (Å²) in [5.41, 5.74) is 1.95. The Morgan fingerprint density at radius 1 is 1.04 bits per heavy atom. The second-order valence-electron chi connectivity index (χ2n) is 5.58. The summed E-state index contributed by atoms with van der Waals surface area (Å²) in [6.45, 7) is 0.316. The van der Waals surface area contributed by atoms with Crippen LogP contribution in [0.15, 0.2) is 69.9 Å². The first kappa shape index (κ1) is 14.3. The molecule has 0 spiro atoms. The Bertz CT molecular complexity index is 1130. The summed E-state index contributed by atoms with van der Waals surface area (Å²) in [7, 11) is 0. The fraction of sp³-hybridized carbons (Fsp3) is 0.0526. The number of aromatic nitrogens is 1. The molecular formula is C19H13NO4. The van der Waals surface area contributed by atoms with E-state index in [4.69, 9.17) is 9.52 Å². The first-order valence-corrected chi connectivity index (χ1v) is 7.47. The third-order valence-electron chi connectivity index (χ3n) is 4.12. The van der Waals surface area contributed by atoms with Crippen LogP contribution in [0.1, 0.15) is 15.9 Å². The maximum atomic E-state index is 12.2. The lowest BCUT2D eigenvalue weighted by Gasteiger charge is -2.07. The number of oxazole rings is 1. The van der Waals surface area contributed by atoms with Crippen molar-refractivity contribution in [1.29, 1.82) is 0 Å². The zero-order chi connectivity index (χ0) is 16.7. The van der Waals surface area contributed by atoms with Crippen molar-refractivity contribution in [2.45, 2.75) is 6.54 Å². The molecule has 0 saturated heterocycles. The van der Waals surface area contributed by atoms with Crippen LogP contribution in [0, 0.1) is 0 Å². The van der Waals surface area contributed by atoms with Gasteiger partial charge in [0, 0.05) is 0 Å². The van der Waals surface area contributed by atoms with E-state index in [0.29, 0.717) is 17.6 Å². The van der Waals surface area contributed by atoms with Crippen LogP contribution < -0.4 is 5.76 Å². The van der Waals surface area contributed by atoms with Crippen LogP contribution >= 0.6 is 0 Å². The van der Waals surface area contributed by atoms with Crippen LogP contribution in [-0.4, -0.2) is 15.6 Å². The Kier molecular flexibility index (Phi) is 3.20. The van der Waals surface area contributed by atoms with Crippen molar-refractivity contribution >= 4 is 27.8 Å². The quantitative estimate of drug-likeness (QED) is 0.627. The van der Waals surface area contributed by atoms with Gasteiger partial charge in [0.1, 0.15) is 0 Å². The van der Waals surface area contributed by atoms with Gasteiger partial charge in [-0.25, -0.2) is 9.59 Å². The number of carboxylic acid groups (broad SMARTS) is 1. The van der Waals surface area contributed by atoms with E-state index in [2.05, 4.69) is 0 Å². The predicted octanol–water partition coefficient (Wildman–Crippen LogP) is 3.49. The lowest BCUT2D eigenvalue weighted by atomic mass is 10.0. The predicted molar refractivity (Wildman–Crippen MR) is 90.5 cm³/mol. The SMILES string of the molecule is O=C(O)c1ccc2oc(=O)n(Cc3cccc4ccccc34)c2c1. The number of hydrogen-bond donors (Lipinski definition) is 1. The number of nitrogens with zero attached hydrogens (tertiary/aromatic N) is 1. The highest BCUT2D eigenvalue weighted by Crippen LogP contribution is 2.21. The molecule has 4 aromatic rings. The van der Waals surface area contributed by atoms with Gasteiger partial charge in [0.05, 0.1) is 17.6 Å². The molecule has 0 bridgehead atoms. The Balaban J connectivity index is 1.90. The monoisotopic (exact) mass is 319 g/mol. The number of carbonyl (C=O) groups is 1. The van der Waals surface area contributed by atoms with Gasteiger partial charge in [0.25, 0.3) is 0 Å². The van der Waals surface area contributed by atoms with Crippen LogP contribution in [0.3, 0.4) is 0 Å². The second kappa shape index (κ2) is 5.38. The highest BCUT2D eigenvalue weighted by atomic mass is 16.4. The Labute approximate surface area is 136 Å². The molecule has 0 aliphatic carbocycles. The van der Waals surface area contributed by atoms with Crippen molar-refractivity contribution in [3.8, 4) is 0 Å². The highest BCUT2D eigenvalue weighted by Gasteiger charge is 2.13. The maximum absolute atomic E-state index is 12.2. The summed E-state index contributed by atoms with van der Waals surface area (Å²) >= 11 is 0. The Morgan fingerprint density at radius 2 is 1.83 bits per heavy atom. The van der Waals surface area contributed by atoms with Gasteiger partial charge in [0.15, 0.2) is 5.58 Å². The van der Waals surface area contributed by atoms with Crippen molar-refractivity contribution in [2.75, 3.05) is 0 Å². The van der Waals surface area contributed by atoms with E-state index in [-0.39, 0.29) is 5.56 Å². The van der Waals surface area contributed by atoms with E-state index < -0.39 is 11.7 Å². The van der Waals surface area contributed by atoms with Gasteiger partial charge >= 0.3 is 11.7 Å². The van der Waals surface area contributed by atoms with Crippen LogP contribution in [0.2, 0.25) is 0 Å². The third-order valence-corrected chi connectivity index (χ3v) is 4.12. The number of rotatable bonds is 3. The molecule has 0 unspecified atom stereocenters. The van der Waals surface area contributed by atoms with Gasteiger partial charge in [-0.2, -0.15) is 0 Å². The zero-order valence-electron chi connectivity index (χ0n) is 12.6. The molecule has 0 radical (unpaired) electrons. The average molecular weight is 319 g/mol. The number of hydrogen-bond acceptors (Lipinski definition) is 3. The molecule has 3 aromatic carbocycles. The van der Waals surface area contributed by atoms with Gasteiger partial charge in [-0.3, -0.25) is 4.57 Å². The fourth-order valence-corrected chi connectivity index (χ4v) is 2.95. The molecule has 24 heavy (non-hydrogen) atoms. The average Bonchev–Trinajstić information content (AvgIpc) is 2.90.